The molecular formula is C20H24N6O2. The summed E-state index contributed by atoms with van der Waals surface area (Å²) >= 11 is 0. The van der Waals surface area contributed by atoms with E-state index in [9.17, 15) is 4.79 Å². The number of hydrogen-bond donors (Lipinski definition) is 1. The summed E-state index contributed by atoms with van der Waals surface area (Å²) in [6, 6.07) is 2.08. The van der Waals surface area contributed by atoms with Crippen LogP contribution in [0.3, 0.4) is 0 Å². The van der Waals surface area contributed by atoms with Crippen LogP contribution >= 0.6 is 0 Å². The Labute approximate surface area is 162 Å². The number of hydrogen-bond acceptors (Lipinski definition) is 6. The second-order valence-corrected chi connectivity index (χ2v) is 7.89. The van der Waals surface area contributed by atoms with Crippen LogP contribution in [0.4, 0.5) is 11.6 Å². The fourth-order valence-electron chi connectivity index (χ4n) is 4.43. The molecule has 3 aromatic heterocycles. The van der Waals surface area contributed by atoms with E-state index in [1.54, 1.807) is 19.3 Å². The number of rotatable bonds is 7. The number of carbonyl (C=O) groups excluding carboxylic acids is 1. The molecule has 1 N–H and O–H groups in total. The molecule has 3 aromatic rings. The Balaban J connectivity index is 1.29. The van der Waals surface area contributed by atoms with Gasteiger partial charge in [0.2, 0.25) is 5.95 Å². The number of nitrogens with one attached hydrogen (secondary N) is 1. The lowest BCUT2D eigenvalue weighted by Gasteiger charge is -2.13. The van der Waals surface area contributed by atoms with Gasteiger partial charge in [-0.05, 0) is 50.0 Å². The van der Waals surface area contributed by atoms with Crippen LogP contribution in [0.25, 0.3) is 11.0 Å². The SMILES string of the molecule is CCOC(=O)Cn1cc(Nc2ncc3ccn(CC4C[C@@H]5C[C@@H]5C4)c3n2)cn1. The van der Waals surface area contributed by atoms with Gasteiger partial charge in [-0.1, -0.05) is 0 Å². The van der Waals surface area contributed by atoms with Gasteiger partial charge in [0.15, 0.2) is 0 Å². The zero-order valence-corrected chi connectivity index (χ0v) is 15.9. The molecule has 0 radical (unpaired) electrons. The zero-order chi connectivity index (χ0) is 19.1. The Morgan fingerprint density at radius 3 is 2.96 bits per heavy atom. The monoisotopic (exact) mass is 380 g/mol. The minimum absolute atomic E-state index is 0.0850. The lowest BCUT2D eigenvalue weighted by Crippen LogP contribution is -2.13. The Kier molecular flexibility index (Phi) is 4.26. The molecule has 1 unspecified atom stereocenters. The summed E-state index contributed by atoms with van der Waals surface area (Å²) in [6.45, 7) is 3.26. The maximum atomic E-state index is 11.6. The van der Waals surface area contributed by atoms with Gasteiger partial charge < -0.3 is 14.6 Å². The number of carbonyl (C=O) groups is 1. The van der Waals surface area contributed by atoms with E-state index in [1.807, 2.05) is 6.20 Å². The molecule has 0 saturated heterocycles. The van der Waals surface area contributed by atoms with Crippen LogP contribution in [0.1, 0.15) is 26.2 Å². The predicted octanol–water partition coefficient (Wildman–Crippen LogP) is 2.98. The van der Waals surface area contributed by atoms with Crippen LogP contribution in [0.15, 0.2) is 30.9 Å². The summed E-state index contributed by atoms with van der Waals surface area (Å²) in [7, 11) is 0. The number of anilines is 2. The first-order valence-corrected chi connectivity index (χ1v) is 9.95. The van der Waals surface area contributed by atoms with E-state index in [1.165, 1.54) is 23.9 Å². The lowest BCUT2D eigenvalue weighted by molar-refractivity contribution is -0.144. The second kappa shape index (κ2) is 6.92. The Morgan fingerprint density at radius 2 is 2.14 bits per heavy atom. The van der Waals surface area contributed by atoms with Crippen LogP contribution in [0, 0.1) is 17.8 Å². The predicted molar refractivity (Wildman–Crippen MR) is 104 cm³/mol. The average molecular weight is 380 g/mol. The lowest BCUT2D eigenvalue weighted by atomic mass is 10.0. The number of fused-ring (bicyclic) bond motifs is 2. The third kappa shape index (κ3) is 3.46. The molecule has 146 valence electrons. The third-order valence-electron chi connectivity index (χ3n) is 5.78. The number of aromatic nitrogens is 5. The normalized spacial score (nSPS) is 23.0. The topological polar surface area (TPSA) is 86.9 Å². The van der Waals surface area contributed by atoms with Gasteiger partial charge in [0.1, 0.15) is 12.2 Å². The largest absolute Gasteiger partial charge is 0.465 e. The van der Waals surface area contributed by atoms with Crippen molar-refractivity contribution in [1.82, 2.24) is 24.3 Å². The standard InChI is InChI=1S/C20H24N6O2/c1-2-28-18(27)12-26-11-17(9-22-26)23-20-21-8-14-3-4-25(19(14)24-20)10-13-5-15-7-16(15)6-13/h3-4,8-9,11,13,15-16H,2,5-7,10,12H2,1H3,(H,21,23,24)/t13?,15-,16+. The Morgan fingerprint density at radius 1 is 1.29 bits per heavy atom. The average Bonchev–Trinajstić information content (AvgIpc) is 3.02. The van der Waals surface area contributed by atoms with E-state index in [2.05, 4.69) is 32.2 Å². The maximum absolute atomic E-state index is 11.6. The van der Waals surface area contributed by atoms with Gasteiger partial charge in [-0.15, -0.1) is 0 Å². The van der Waals surface area contributed by atoms with Crippen molar-refractivity contribution in [3.05, 3.63) is 30.9 Å². The van der Waals surface area contributed by atoms with Crippen LogP contribution in [-0.2, 0) is 22.6 Å². The molecule has 3 atom stereocenters. The first kappa shape index (κ1) is 17.2. The van der Waals surface area contributed by atoms with Crippen molar-refractivity contribution in [2.45, 2.75) is 39.3 Å². The molecule has 0 bridgehead atoms. The van der Waals surface area contributed by atoms with E-state index in [0.29, 0.717) is 12.6 Å². The van der Waals surface area contributed by atoms with Crippen molar-refractivity contribution in [2.75, 3.05) is 11.9 Å². The van der Waals surface area contributed by atoms with E-state index in [-0.39, 0.29) is 12.5 Å². The van der Waals surface area contributed by atoms with Gasteiger partial charge in [0, 0.05) is 30.5 Å². The van der Waals surface area contributed by atoms with Crippen LogP contribution in [0.2, 0.25) is 0 Å². The molecule has 2 aliphatic carbocycles. The highest BCUT2D eigenvalue weighted by Crippen LogP contribution is 2.54. The summed E-state index contributed by atoms with van der Waals surface area (Å²) in [4.78, 5) is 20.7. The molecule has 28 heavy (non-hydrogen) atoms. The molecule has 2 fully saturated rings. The van der Waals surface area contributed by atoms with Gasteiger partial charge in [-0.25, -0.2) is 4.98 Å². The minimum atomic E-state index is -0.308. The van der Waals surface area contributed by atoms with Crippen LogP contribution < -0.4 is 5.32 Å². The maximum Gasteiger partial charge on any atom is 0.327 e. The van der Waals surface area contributed by atoms with Crippen LogP contribution in [-0.4, -0.2) is 36.9 Å². The van der Waals surface area contributed by atoms with Gasteiger partial charge in [0.05, 0.1) is 18.5 Å². The molecule has 0 spiro atoms. The van der Waals surface area contributed by atoms with E-state index in [0.717, 1.165) is 41.0 Å². The fraction of sp³-hybridized carbons (Fsp3) is 0.500. The van der Waals surface area contributed by atoms with Gasteiger partial charge in [-0.3, -0.25) is 9.48 Å². The Bertz CT molecular complexity index is 999. The summed E-state index contributed by atoms with van der Waals surface area (Å²) in [5.74, 6) is 2.97. The van der Waals surface area contributed by atoms with Gasteiger partial charge in [0.25, 0.3) is 0 Å². The van der Waals surface area contributed by atoms with Crippen molar-refractivity contribution in [1.29, 1.82) is 0 Å². The van der Waals surface area contributed by atoms with E-state index >= 15 is 0 Å². The second-order valence-electron chi connectivity index (χ2n) is 7.89. The molecule has 2 saturated carbocycles. The third-order valence-corrected chi connectivity index (χ3v) is 5.78. The molecular weight excluding hydrogens is 356 g/mol. The van der Waals surface area contributed by atoms with Crippen molar-refractivity contribution >= 4 is 28.6 Å². The van der Waals surface area contributed by atoms with Crippen LogP contribution in [0.5, 0.6) is 0 Å². The molecule has 2 aliphatic rings. The highest BCUT2D eigenvalue weighted by molar-refractivity contribution is 5.76. The number of esters is 1. The Hall–Kier alpha value is -2.90. The fourth-order valence-corrected chi connectivity index (χ4v) is 4.43. The highest BCUT2D eigenvalue weighted by atomic mass is 16.5. The first-order chi connectivity index (χ1) is 13.7. The van der Waals surface area contributed by atoms with E-state index < -0.39 is 0 Å². The van der Waals surface area contributed by atoms with Crippen molar-refractivity contribution in [3.8, 4) is 0 Å². The van der Waals surface area contributed by atoms with Gasteiger partial charge >= 0.3 is 5.97 Å². The van der Waals surface area contributed by atoms with Gasteiger partial charge in [-0.2, -0.15) is 10.1 Å². The molecule has 3 heterocycles. The van der Waals surface area contributed by atoms with Crippen molar-refractivity contribution < 1.29 is 9.53 Å². The highest BCUT2D eigenvalue weighted by Gasteiger charge is 2.45. The summed E-state index contributed by atoms with van der Waals surface area (Å²) in [6.07, 6.45) is 11.5. The number of nitrogens with zero attached hydrogens (tertiary/aromatic N) is 5. The summed E-state index contributed by atoms with van der Waals surface area (Å²) in [5, 5.41) is 8.40. The summed E-state index contributed by atoms with van der Waals surface area (Å²) < 4.78 is 8.73. The molecule has 5 rings (SSSR count). The smallest absolute Gasteiger partial charge is 0.327 e. The quantitative estimate of drug-likeness (QED) is 0.634. The van der Waals surface area contributed by atoms with Crippen molar-refractivity contribution in [2.24, 2.45) is 17.8 Å². The molecule has 8 heteroatoms. The first-order valence-electron chi connectivity index (χ1n) is 9.95. The van der Waals surface area contributed by atoms with Crippen molar-refractivity contribution in [3.63, 3.8) is 0 Å². The minimum Gasteiger partial charge on any atom is -0.465 e. The number of ether oxygens (including phenoxy) is 1. The molecule has 8 nitrogen and oxygen atoms in total. The molecule has 0 amide bonds. The molecule has 0 aromatic carbocycles. The summed E-state index contributed by atoms with van der Waals surface area (Å²) in [5.41, 5.74) is 1.69. The zero-order valence-electron chi connectivity index (χ0n) is 15.9. The van der Waals surface area contributed by atoms with E-state index in [4.69, 9.17) is 9.72 Å². The molecule has 0 aliphatic heterocycles.